The number of hydrogen-bond donors (Lipinski definition) is 1. The number of nitrogens with zero attached hydrogens (tertiary/aromatic N) is 1. The van der Waals surface area contributed by atoms with Crippen molar-refractivity contribution in [3.8, 4) is 11.1 Å². The summed E-state index contributed by atoms with van der Waals surface area (Å²) in [6, 6.07) is 16.9. The van der Waals surface area contributed by atoms with Gasteiger partial charge in [0.25, 0.3) is 0 Å². The van der Waals surface area contributed by atoms with Crippen molar-refractivity contribution in [3.05, 3.63) is 53.0 Å². The monoisotopic (exact) mass is 380 g/mol. The lowest BCUT2D eigenvalue weighted by molar-refractivity contribution is 0.779. The zero-order chi connectivity index (χ0) is 13.2. The van der Waals surface area contributed by atoms with Gasteiger partial charge in [-0.05, 0) is 30.2 Å². The van der Waals surface area contributed by atoms with Gasteiger partial charge in [0.15, 0.2) is 0 Å². The summed E-state index contributed by atoms with van der Waals surface area (Å²) in [7, 11) is 0. The Bertz CT molecular complexity index is 586. The average Bonchev–Trinajstić information content (AvgIpc) is 2.85. The third-order valence-corrected chi connectivity index (χ3v) is 4.60. The molecule has 2 aromatic carbocycles. The number of hydrazine groups is 1. The molecule has 1 N–H and O–H groups in total. The van der Waals surface area contributed by atoms with Crippen LogP contribution in [-0.2, 0) is 0 Å². The standard InChI is InChI=1S/C15H14Br2N2/c16-12-5-3-4-11(10-12)13-6-1-2-7-14(13)19-15(17)8-9-18-19/h1-7,10,15,18H,8-9H2. The van der Waals surface area contributed by atoms with Gasteiger partial charge in [-0.25, -0.2) is 5.43 Å². The van der Waals surface area contributed by atoms with Gasteiger partial charge in [0, 0.05) is 16.6 Å². The Balaban J connectivity index is 2.07. The molecule has 19 heavy (non-hydrogen) atoms. The molecule has 98 valence electrons. The molecule has 0 spiro atoms. The summed E-state index contributed by atoms with van der Waals surface area (Å²) in [4.78, 5) is 0.348. The molecule has 1 aliphatic heterocycles. The summed E-state index contributed by atoms with van der Waals surface area (Å²) in [5.74, 6) is 0. The minimum atomic E-state index is 0.348. The third kappa shape index (κ3) is 2.71. The molecule has 0 saturated carbocycles. The maximum atomic E-state index is 3.72. The lowest BCUT2D eigenvalue weighted by Crippen LogP contribution is -2.34. The first-order chi connectivity index (χ1) is 9.25. The largest absolute Gasteiger partial charge is 0.294 e. The maximum absolute atomic E-state index is 3.72. The van der Waals surface area contributed by atoms with E-state index in [-0.39, 0.29) is 0 Å². The fourth-order valence-electron chi connectivity index (χ4n) is 2.35. The van der Waals surface area contributed by atoms with Crippen LogP contribution in [0.25, 0.3) is 11.1 Å². The highest BCUT2D eigenvalue weighted by molar-refractivity contribution is 9.10. The first kappa shape index (κ1) is 13.2. The van der Waals surface area contributed by atoms with Crippen LogP contribution in [0.2, 0.25) is 0 Å². The third-order valence-electron chi connectivity index (χ3n) is 3.24. The minimum absolute atomic E-state index is 0.348. The molecule has 0 bridgehead atoms. The van der Waals surface area contributed by atoms with Crippen molar-refractivity contribution >= 4 is 37.5 Å². The molecular formula is C15H14Br2N2. The number of hydrogen-bond acceptors (Lipinski definition) is 2. The second-order valence-corrected chi connectivity index (χ2v) is 6.50. The molecule has 0 radical (unpaired) electrons. The lowest BCUT2D eigenvalue weighted by Gasteiger charge is -2.25. The van der Waals surface area contributed by atoms with Crippen LogP contribution in [0.5, 0.6) is 0 Å². The van der Waals surface area contributed by atoms with Gasteiger partial charge in [-0.2, -0.15) is 0 Å². The number of anilines is 1. The van der Waals surface area contributed by atoms with Crippen LogP contribution in [0.15, 0.2) is 53.0 Å². The van der Waals surface area contributed by atoms with E-state index in [0.717, 1.165) is 17.4 Å². The van der Waals surface area contributed by atoms with Crippen LogP contribution in [0.1, 0.15) is 6.42 Å². The minimum Gasteiger partial charge on any atom is -0.294 e. The van der Waals surface area contributed by atoms with E-state index in [1.165, 1.54) is 16.8 Å². The molecule has 4 heteroatoms. The number of para-hydroxylation sites is 1. The molecule has 0 aliphatic carbocycles. The Morgan fingerprint density at radius 2 is 1.95 bits per heavy atom. The molecule has 3 rings (SSSR count). The number of benzene rings is 2. The molecule has 0 aromatic heterocycles. The van der Waals surface area contributed by atoms with Crippen LogP contribution in [0.3, 0.4) is 0 Å². The smallest absolute Gasteiger partial charge is 0.101 e. The second kappa shape index (κ2) is 5.65. The predicted molar refractivity (Wildman–Crippen MR) is 87.4 cm³/mol. The molecule has 2 nitrogen and oxygen atoms in total. The predicted octanol–water partition coefficient (Wildman–Crippen LogP) is 4.55. The lowest BCUT2D eigenvalue weighted by atomic mass is 10.0. The van der Waals surface area contributed by atoms with E-state index in [9.17, 15) is 0 Å². The number of nitrogens with one attached hydrogen (secondary N) is 1. The van der Waals surface area contributed by atoms with E-state index in [4.69, 9.17) is 0 Å². The Labute approximate surface area is 130 Å². The van der Waals surface area contributed by atoms with E-state index in [2.05, 4.69) is 84.8 Å². The Morgan fingerprint density at radius 1 is 1.11 bits per heavy atom. The maximum Gasteiger partial charge on any atom is 0.101 e. The topological polar surface area (TPSA) is 15.3 Å². The van der Waals surface area contributed by atoms with Gasteiger partial charge in [0.05, 0.1) is 5.69 Å². The van der Waals surface area contributed by atoms with E-state index < -0.39 is 0 Å². The Kier molecular flexibility index (Phi) is 3.91. The SMILES string of the molecule is Brc1cccc(-c2ccccc2N2NCCC2Br)c1. The van der Waals surface area contributed by atoms with Crippen molar-refractivity contribution in [1.29, 1.82) is 0 Å². The van der Waals surface area contributed by atoms with Gasteiger partial charge in [0.2, 0.25) is 0 Å². The highest BCUT2D eigenvalue weighted by Crippen LogP contribution is 2.34. The molecule has 1 atom stereocenters. The van der Waals surface area contributed by atoms with Gasteiger partial charge in [-0.3, -0.25) is 5.01 Å². The molecule has 1 unspecified atom stereocenters. The molecule has 0 amide bonds. The van der Waals surface area contributed by atoms with Crippen LogP contribution in [-0.4, -0.2) is 11.5 Å². The van der Waals surface area contributed by atoms with Crippen molar-refractivity contribution in [1.82, 2.24) is 5.43 Å². The highest BCUT2D eigenvalue weighted by atomic mass is 79.9. The normalized spacial score (nSPS) is 18.8. The fourth-order valence-corrected chi connectivity index (χ4v) is 3.35. The molecule has 1 saturated heterocycles. The van der Waals surface area contributed by atoms with Gasteiger partial charge in [0.1, 0.15) is 4.95 Å². The van der Waals surface area contributed by atoms with Gasteiger partial charge >= 0.3 is 0 Å². The number of halogens is 2. The molecule has 1 heterocycles. The first-order valence-corrected chi connectivity index (χ1v) is 7.98. The quantitative estimate of drug-likeness (QED) is 0.606. The second-order valence-electron chi connectivity index (χ2n) is 4.53. The first-order valence-electron chi connectivity index (χ1n) is 6.27. The zero-order valence-corrected chi connectivity index (χ0v) is 13.5. The van der Waals surface area contributed by atoms with Crippen molar-refractivity contribution in [2.75, 3.05) is 11.6 Å². The van der Waals surface area contributed by atoms with Crippen molar-refractivity contribution < 1.29 is 0 Å². The van der Waals surface area contributed by atoms with Crippen LogP contribution in [0, 0.1) is 0 Å². The summed E-state index contributed by atoms with van der Waals surface area (Å²) in [5.41, 5.74) is 7.09. The number of rotatable bonds is 2. The van der Waals surface area contributed by atoms with E-state index in [1.54, 1.807) is 0 Å². The fraction of sp³-hybridized carbons (Fsp3) is 0.200. The number of alkyl halides is 1. The summed E-state index contributed by atoms with van der Waals surface area (Å²) in [6.07, 6.45) is 1.10. The van der Waals surface area contributed by atoms with Gasteiger partial charge in [-0.15, -0.1) is 0 Å². The van der Waals surface area contributed by atoms with Gasteiger partial charge < -0.3 is 0 Å². The van der Waals surface area contributed by atoms with Crippen molar-refractivity contribution in [2.24, 2.45) is 0 Å². The Morgan fingerprint density at radius 3 is 2.68 bits per heavy atom. The van der Waals surface area contributed by atoms with E-state index in [0.29, 0.717) is 4.95 Å². The van der Waals surface area contributed by atoms with Crippen molar-refractivity contribution in [3.63, 3.8) is 0 Å². The molecular weight excluding hydrogens is 368 g/mol. The summed E-state index contributed by atoms with van der Waals surface area (Å²) >= 11 is 7.26. The molecule has 1 aliphatic rings. The van der Waals surface area contributed by atoms with Crippen LogP contribution in [0.4, 0.5) is 5.69 Å². The van der Waals surface area contributed by atoms with Crippen molar-refractivity contribution in [2.45, 2.75) is 11.4 Å². The molecule has 1 fully saturated rings. The van der Waals surface area contributed by atoms with Crippen LogP contribution < -0.4 is 10.4 Å². The van der Waals surface area contributed by atoms with E-state index in [1.807, 2.05) is 6.07 Å². The van der Waals surface area contributed by atoms with Crippen LogP contribution >= 0.6 is 31.9 Å². The van der Waals surface area contributed by atoms with Gasteiger partial charge in [-0.1, -0.05) is 62.2 Å². The average molecular weight is 382 g/mol. The van der Waals surface area contributed by atoms with E-state index >= 15 is 0 Å². The Hall–Kier alpha value is -0.840. The molecule has 2 aromatic rings. The summed E-state index contributed by atoms with van der Waals surface area (Å²) in [5, 5.41) is 2.20. The highest BCUT2D eigenvalue weighted by Gasteiger charge is 2.23. The summed E-state index contributed by atoms with van der Waals surface area (Å²) < 4.78 is 1.10. The zero-order valence-electron chi connectivity index (χ0n) is 10.3. The summed E-state index contributed by atoms with van der Waals surface area (Å²) in [6.45, 7) is 1.00.